The number of aromatic nitrogens is 2. The summed E-state index contributed by atoms with van der Waals surface area (Å²) in [7, 11) is 0. The normalized spacial score (nSPS) is 12.4. The van der Waals surface area contributed by atoms with Crippen LogP contribution in [0, 0.1) is 0 Å². The molecule has 2 heterocycles. The summed E-state index contributed by atoms with van der Waals surface area (Å²) in [6.45, 7) is 2.59. The van der Waals surface area contributed by atoms with Gasteiger partial charge in [-0.2, -0.15) is 0 Å². The van der Waals surface area contributed by atoms with Gasteiger partial charge in [0.05, 0.1) is 12.1 Å². The molecule has 0 aliphatic rings. The molecule has 0 saturated carbocycles. The number of hydrogen-bond acceptors (Lipinski definition) is 4. The van der Waals surface area contributed by atoms with Gasteiger partial charge in [0.25, 0.3) is 5.56 Å². The Kier molecular flexibility index (Phi) is 5.07. The second kappa shape index (κ2) is 7.64. The molecule has 0 aliphatic heterocycles. The van der Waals surface area contributed by atoms with E-state index in [9.17, 15) is 4.79 Å². The molecule has 0 spiro atoms. The van der Waals surface area contributed by atoms with Crippen molar-refractivity contribution >= 4 is 33.2 Å². The van der Waals surface area contributed by atoms with Crippen LogP contribution in [0.4, 0.5) is 0 Å². The van der Waals surface area contributed by atoms with Crippen molar-refractivity contribution in [2.24, 2.45) is 0 Å². The van der Waals surface area contributed by atoms with Gasteiger partial charge in [0.2, 0.25) is 0 Å². The average Bonchev–Trinajstić information content (AvgIpc) is 3.12. The fourth-order valence-electron chi connectivity index (χ4n) is 2.94. The predicted molar refractivity (Wildman–Crippen MR) is 112 cm³/mol. The van der Waals surface area contributed by atoms with Crippen LogP contribution >= 0.6 is 22.9 Å². The molecule has 4 aromatic rings. The third-order valence-corrected chi connectivity index (χ3v) is 5.86. The molecule has 4 nitrogen and oxygen atoms in total. The summed E-state index contributed by atoms with van der Waals surface area (Å²) in [5, 5.41) is 4.10. The topological polar surface area (TPSA) is 57.8 Å². The number of fused-ring (bicyclic) bond motifs is 1. The molecule has 0 amide bonds. The third-order valence-electron chi connectivity index (χ3n) is 4.44. The van der Waals surface area contributed by atoms with Crippen LogP contribution < -0.4 is 10.9 Å². The standard InChI is InChI=1S/C21H18ClN3OS/c1-13(14-5-3-2-4-6-14)23-12-19-24-17-11-18(27-20(17)21(26)25-19)15-7-9-16(22)10-8-15/h2-11,13,23H,12H2,1H3,(H,24,25,26)/t13-/m1/s1. The van der Waals surface area contributed by atoms with Crippen LogP contribution in [0.1, 0.15) is 24.4 Å². The Morgan fingerprint density at radius 3 is 2.63 bits per heavy atom. The molecular weight excluding hydrogens is 378 g/mol. The van der Waals surface area contributed by atoms with Gasteiger partial charge < -0.3 is 10.3 Å². The van der Waals surface area contributed by atoms with Gasteiger partial charge in [-0.15, -0.1) is 11.3 Å². The lowest BCUT2D eigenvalue weighted by atomic mass is 10.1. The van der Waals surface area contributed by atoms with Crippen LogP contribution in [-0.4, -0.2) is 9.97 Å². The second-order valence-corrected chi connectivity index (χ2v) is 7.85. The first-order valence-corrected chi connectivity index (χ1v) is 9.86. The Morgan fingerprint density at radius 1 is 1.15 bits per heavy atom. The minimum absolute atomic E-state index is 0.102. The number of nitrogens with one attached hydrogen (secondary N) is 2. The molecule has 136 valence electrons. The molecule has 0 radical (unpaired) electrons. The monoisotopic (exact) mass is 395 g/mol. The molecule has 6 heteroatoms. The van der Waals surface area contributed by atoms with Crippen LogP contribution in [0.2, 0.25) is 5.02 Å². The maximum Gasteiger partial charge on any atom is 0.268 e. The summed E-state index contributed by atoms with van der Waals surface area (Å²) in [5.41, 5.74) is 2.84. The lowest BCUT2D eigenvalue weighted by Crippen LogP contribution is -2.21. The van der Waals surface area contributed by atoms with E-state index in [-0.39, 0.29) is 11.6 Å². The molecule has 2 aromatic carbocycles. The first kappa shape index (κ1) is 17.9. The highest BCUT2D eigenvalue weighted by Crippen LogP contribution is 2.31. The molecule has 0 bridgehead atoms. The molecule has 0 aliphatic carbocycles. The van der Waals surface area contributed by atoms with Crippen molar-refractivity contribution in [3.63, 3.8) is 0 Å². The summed E-state index contributed by atoms with van der Waals surface area (Å²) in [6, 6.07) is 19.9. The molecule has 1 atom stereocenters. The lowest BCUT2D eigenvalue weighted by Gasteiger charge is -2.13. The number of benzene rings is 2. The van der Waals surface area contributed by atoms with Crippen LogP contribution in [0.25, 0.3) is 20.7 Å². The lowest BCUT2D eigenvalue weighted by molar-refractivity contribution is 0.559. The Morgan fingerprint density at radius 2 is 1.89 bits per heavy atom. The van der Waals surface area contributed by atoms with Crippen molar-refractivity contribution in [1.29, 1.82) is 0 Å². The highest BCUT2D eigenvalue weighted by Gasteiger charge is 2.11. The molecule has 2 N–H and O–H groups in total. The number of nitrogens with zero attached hydrogens (tertiary/aromatic N) is 1. The zero-order valence-electron chi connectivity index (χ0n) is 14.7. The maximum atomic E-state index is 12.5. The van der Waals surface area contributed by atoms with Crippen molar-refractivity contribution in [2.75, 3.05) is 0 Å². The van der Waals surface area contributed by atoms with E-state index >= 15 is 0 Å². The Labute approximate surface area is 165 Å². The number of halogens is 1. The summed E-state index contributed by atoms with van der Waals surface area (Å²) in [4.78, 5) is 21.0. The number of H-pyrrole nitrogens is 1. The van der Waals surface area contributed by atoms with E-state index in [1.54, 1.807) is 0 Å². The largest absolute Gasteiger partial charge is 0.308 e. The number of thiophene rings is 1. The van der Waals surface area contributed by atoms with Gasteiger partial charge in [-0.25, -0.2) is 4.98 Å². The molecule has 0 saturated heterocycles. The van der Waals surface area contributed by atoms with E-state index in [1.165, 1.54) is 16.9 Å². The van der Waals surface area contributed by atoms with Crippen LogP contribution in [0.3, 0.4) is 0 Å². The third kappa shape index (κ3) is 3.95. The van der Waals surface area contributed by atoms with Crippen LogP contribution in [-0.2, 0) is 6.54 Å². The first-order chi connectivity index (χ1) is 13.1. The number of hydrogen-bond donors (Lipinski definition) is 2. The molecule has 2 aromatic heterocycles. The highest BCUT2D eigenvalue weighted by atomic mass is 35.5. The molecule has 27 heavy (non-hydrogen) atoms. The zero-order valence-corrected chi connectivity index (χ0v) is 16.3. The average molecular weight is 396 g/mol. The molecule has 4 rings (SSSR count). The molecule has 0 fully saturated rings. The van der Waals surface area contributed by atoms with E-state index in [4.69, 9.17) is 11.6 Å². The minimum Gasteiger partial charge on any atom is -0.308 e. The number of aromatic amines is 1. The van der Waals surface area contributed by atoms with Crippen molar-refractivity contribution in [3.05, 3.63) is 87.4 Å². The van der Waals surface area contributed by atoms with Crippen LogP contribution in [0.15, 0.2) is 65.5 Å². The van der Waals surface area contributed by atoms with E-state index in [1.807, 2.05) is 48.5 Å². The second-order valence-electron chi connectivity index (χ2n) is 6.36. The van der Waals surface area contributed by atoms with Gasteiger partial charge in [-0.3, -0.25) is 4.79 Å². The van der Waals surface area contributed by atoms with Gasteiger partial charge in [-0.05, 0) is 36.2 Å². The molecule has 0 unspecified atom stereocenters. The SMILES string of the molecule is C[C@@H](NCc1nc2cc(-c3ccc(Cl)cc3)sc2c(=O)[nH]1)c1ccccc1. The van der Waals surface area contributed by atoms with Crippen LogP contribution in [0.5, 0.6) is 0 Å². The quantitative estimate of drug-likeness (QED) is 0.491. The minimum atomic E-state index is -0.102. The first-order valence-electron chi connectivity index (χ1n) is 8.67. The summed E-state index contributed by atoms with van der Waals surface area (Å²) in [5.74, 6) is 0.635. The predicted octanol–water partition coefficient (Wildman–Crippen LogP) is 5.16. The van der Waals surface area contributed by atoms with Gasteiger partial charge in [0.15, 0.2) is 0 Å². The van der Waals surface area contributed by atoms with Crippen molar-refractivity contribution < 1.29 is 0 Å². The van der Waals surface area contributed by atoms with E-state index in [0.717, 1.165) is 16.0 Å². The Balaban J connectivity index is 1.58. The highest BCUT2D eigenvalue weighted by molar-refractivity contribution is 7.22. The van der Waals surface area contributed by atoms with Gasteiger partial charge in [0, 0.05) is 15.9 Å². The summed E-state index contributed by atoms with van der Waals surface area (Å²) < 4.78 is 0.639. The fourth-order valence-corrected chi connectivity index (χ4v) is 4.06. The van der Waals surface area contributed by atoms with E-state index < -0.39 is 0 Å². The fraction of sp³-hybridized carbons (Fsp3) is 0.143. The zero-order chi connectivity index (χ0) is 18.8. The van der Waals surface area contributed by atoms with E-state index in [2.05, 4.69) is 34.3 Å². The maximum absolute atomic E-state index is 12.5. The summed E-state index contributed by atoms with van der Waals surface area (Å²) in [6.07, 6.45) is 0. The van der Waals surface area contributed by atoms with Crippen molar-refractivity contribution in [1.82, 2.24) is 15.3 Å². The van der Waals surface area contributed by atoms with Crippen molar-refractivity contribution in [2.45, 2.75) is 19.5 Å². The summed E-state index contributed by atoms with van der Waals surface area (Å²) >= 11 is 7.40. The Hall–Kier alpha value is -2.47. The van der Waals surface area contributed by atoms with Crippen molar-refractivity contribution in [3.8, 4) is 10.4 Å². The van der Waals surface area contributed by atoms with Gasteiger partial charge >= 0.3 is 0 Å². The van der Waals surface area contributed by atoms with Gasteiger partial charge in [0.1, 0.15) is 10.5 Å². The smallest absolute Gasteiger partial charge is 0.268 e. The molecular formula is C21H18ClN3OS. The van der Waals surface area contributed by atoms with Gasteiger partial charge in [-0.1, -0.05) is 54.1 Å². The Bertz CT molecular complexity index is 1120. The van der Waals surface area contributed by atoms with E-state index in [0.29, 0.717) is 22.1 Å². The number of rotatable bonds is 5.